The summed E-state index contributed by atoms with van der Waals surface area (Å²) < 4.78 is 38.8. The summed E-state index contributed by atoms with van der Waals surface area (Å²) in [6.07, 6.45) is 3.95. The first-order valence-electron chi connectivity index (χ1n) is 7.45. The zero-order valence-electron chi connectivity index (χ0n) is 11.9. The number of halogens is 2. The van der Waals surface area contributed by atoms with Crippen molar-refractivity contribution in [2.75, 3.05) is 6.79 Å². The Bertz CT molecular complexity index is 853. The van der Waals surface area contributed by atoms with Gasteiger partial charge in [-0.2, -0.15) is 4.31 Å². The Balaban J connectivity index is 1.80. The molecule has 1 fully saturated rings. The van der Waals surface area contributed by atoms with Crippen molar-refractivity contribution in [3.8, 4) is 11.5 Å². The Morgan fingerprint density at radius 1 is 1.13 bits per heavy atom. The number of benzene rings is 1. The SMILES string of the molecule is O=S1(=O)c2cc3c(cc2[C@H]2C4=C[C@H](Br)CC[C@@H]4N1[C@@H]2Br)OCO3. The maximum absolute atomic E-state index is 13.2. The Labute approximate surface area is 150 Å². The molecule has 3 heterocycles. The Kier molecular flexibility index (Phi) is 3.04. The summed E-state index contributed by atoms with van der Waals surface area (Å²) in [6, 6.07) is 3.40. The second-order valence-corrected chi connectivity index (χ2v) is 10.1. The molecule has 23 heavy (non-hydrogen) atoms. The van der Waals surface area contributed by atoms with Gasteiger partial charge in [-0.1, -0.05) is 37.9 Å². The van der Waals surface area contributed by atoms with Crippen LogP contribution in [-0.2, 0) is 10.0 Å². The number of hydrogen-bond donors (Lipinski definition) is 0. The van der Waals surface area contributed by atoms with Gasteiger partial charge in [0, 0.05) is 22.9 Å². The normalized spacial score (nSPS) is 38.7. The van der Waals surface area contributed by atoms with Crippen molar-refractivity contribution in [3.63, 3.8) is 0 Å². The van der Waals surface area contributed by atoms with Crippen LogP contribution < -0.4 is 9.47 Å². The van der Waals surface area contributed by atoms with Crippen LogP contribution in [-0.4, -0.2) is 35.3 Å². The van der Waals surface area contributed by atoms with Crippen LogP contribution in [0.5, 0.6) is 11.5 Å². The van der Waals surface area contributed by atoms with Gasteiger partial charge in [-0.15, -0.1) is 0 Å². The number of allylic oxidation sites excluding steroid dienone is 1. The van der Waals surface area contributed by atoms with E-state index in [0.717, 1.165) is 18.4 Å². The van der Waals surface area contributed by atoms with E-state index in [-0.39, 0.29) is 23.7 Å². The summed E-state index contributed by atoms with van der Waals surface area (Å²) in [4.78, 5) is 0.410. The van der Waals surface area contributed by atoms with E-state index in [9.17, 15) is 8.42 Å². The van der Waals surface area contributed by atoms with E-state index in [4.69, 9.17) is 9.47 Å². The van der Waals surface area contributed by atoms with Crippen LogP contribution in [0, 0.1) is 0 Å². The molecule has 1 unspecified atom stereocenters. The molecule has 1 aliphatic carbocycles. The fraction of sp³-hybridized carbons (Fsp3) is 0.467. The Morgan fingerprint density at radius 3 is 2.65 bits per heavy atom. The predicted octanol–water partition coefficient (Wildman–Crippen LogP) is 3.09. The number of hydrogen-bond acceptors (Lipinski definition) is 4. The monoisotopic (exact) mass is 461 g/mol. The van der Waals surface area contributed by atoms with Crippen molar-refractivity contribution in [2.24, 2.45) is 0 Å². The van der Waals surface area contributed by atoms with Crippen LogP contribution >= 0.6 is 31.9 Å². The molecule has 2 bridgehead atoms. The van der Waals surface area contributed by atoms with Crippen molar-refractivity contribution < 1.29 is 17.9 Å². The van der Waals surface area contributed by atoms with E-state index in [1.807, 2.05) is 6.07 Å². The lowest BCUT2D eigenvalue weighted by Gasteiger charge is -2.32. The lowest BCUT2D eigenvalue weighted by Crippen LogP contribution is -2.42. The first-order chi connectivity index (χ1) is 11.0. The number of nitrogens with zero attached hydrogens (tertiary/aromatic N) is 1. The second kappa shape index (κ2) is 4.74. The molecule has 0 N–H and O–H groups in total. The number of sulfonamides is 1. The van der Waals surface area contributed by atoms with Crippen molar-refractivity contribution in [1.29, 1.82) is 0 Å². The van der Waals surface area contributed by atoms with Crippen LogP contribution in [0.3, 0.4) is 0 Å². The van der Waals surface area contributed by atoms with Gasteiger partial charge in [0.15, 0.2) is 11.5 Å². The quantitative estimate of drug-likeness (QED) is 0.337. The van der Waals surface area contributed by atoms with E-state index < -0.39 is 10.0 Å². The molecule has 0 saturated carbocycles. The zero-order chi connectivity index (χ0) is 15.9. The van der Waals surface area contributed by atoms with Crippen LogP contribution in [0.25, 0.3) is 0 Å². The van der Waals surface area contributed by atoms with Crippen molar-refractivity contribution in [1.82, 2.24) is 4.31 Å². The highest BCUT2D eigenvalue weighted by Gasteiger charge is 2.56. The lowest BCUT2D eigenvalue weighted by molar-refractivity contribution is 0.174. The summed E-state index contributed by atoms with van der Waals surface area (Å²) in [5, 5.41) is 0. The minimum absolute atomic E-state index is 0.0216. The highest BCUT2D eigenvalue weighted by molar-refractivity contribution is 9.09. The van der Waals surface area contributed by atoms with E-state index in [2.05, 4.69) is 37.9 Å². The molecule has 0 amide bonds. The highest BCUT2D eigenvalue weighted by Crippen LogP contribution is 2.57. The maximum atomic E-state index is 13.2. The van der Waals surface area contributed by atoms with Gasteiger partial charge in [0.2, 0.25) is 16.8 Å². The van der Waals surface area contributed by atoms with Crippen LogP contribution in [0.4, 0.5) is 0 Å². The number of alkyl halides is 2. The second-order valence-electron chi connectivity index (χ2n) is 6.20. The molecule has 1 aromatic carbocycles. The van der Waals surface area contributed by atoms with Crippen LogP contribution in [0.1, 0.15) is 24.3 Å². The highest BCUT2D eigenvalue weighted by atomic mass is 79.9. The first kappa shape index (κ1) is 14.7. The fourth-order valence-electron chi connectivity index (χ4n) is 4.10. The van der Waals surface area contributed by atoms with Crippen LogP contribution in [0.2, 0.25) is 0 Å². The van der Waals surface area contributed by atoms with Crippen molar-refractivity contribution in [3.05, 3.63) is 29.3 Å². The van der Waals surface area contributed by atoms with Gasteiger partial charge in [-0.05, 0) is 30.0 Å². The summed E-state index contributed by atoms with van der Waals surface area (Å²) in [6.45, 7) is 0.138. The summed E-state index contributed by atoms with van der Waals surface area (Å²) in [5.41, 5.74) is 1.99. The zero-order valence-corrected chi connectivity index (χ0v) is 15.9. The first-order valence-corrected chi connectivity index (χ1v) is 10.7. The average Bonchev–Trinajstić information content (AvgIpc) is 3.04. The average molecular weight is 463 g/mol. The Morgan fingerprint density at radius 2 is 1.87 bits per heavy atom. The lowest BCUT2D eigenvalue weighted by atomic mass is 9.85. The van der Waals surface area contributed by atoms with Gasteiger partial charge in [0.1, 0.15) is 0 Å². The molecular formula is C15H13Br2NO4S. The van der Waals surface area contributed by atoms with E-state index in [0.29, 0.717) is 21.2 Å². The molecule has 3 aliphatic heterocycles. The van der Waals surface area contributed by atoms with Gasteiger partial charge in [-0.25, -0.2) is 8.42 Å². The molecule has 0 spiro atoms. The Hall–Kier alpha value is -0.570. The van der Waals surface area contributed by atoms with Crippen molar-refractivity contribution >= 4 is 41.9 Å². The standard InChI is InChI=1S/C15H13Br2NO4S/c16-7-1-2-10-8(3-7)14-9-4-11-12(22-6-21-11)5-13(9)23(19,20)18(10)15(14)17/h3-5,7,10,14-15H,1-2,6H2/t7-,10+,14-,15+/m1/s1. The molecular weight excluding hydrogens is 450 g/mol. The van der Waals surface area contributed by atoms with E-state index in [1.54, 1.807) is 10.4 Å². The fourth-order valence-corrected chi connectivity index (χ4v) is 8.12. The minimum atomic E-state index is -3.56. The summed E-state index contributed by atoms with van der Waals surface area (Å²) >= 11 is 7.29. The molecule has 122 valence electrons. The summed E-state index contributed by atoms with van der Waals surface area (Å²) in [7, 11) is -3.56. The van der Waals surface area contributed by atoms with E-state index in [1.165, 1.54) is 5.57 Å². The molecule has 1 aromatic rings. The van der Waals surface area contributed by atoms with Gasteiger partial charge >= 0.3 is 0 Å². The van der Waals surface area contributed by atoms with Gasteiger partial charge in [0.25, 0.3) is 0 Å². The maximum Gasteiger partial charge on any atom is 0.245 e. The molecule has 5 rings (SSSR count). The third-order valence-corrected chi connectivity index (χ3v) is 8.96. The molecule has 5 atom stereocenters. The third kappa shape index (κ3) is 1.83. The summed E-state index contributed by atoms with van der Waals surface area (Å²) in [5.74, 6) is 1.16. The number of rotatable bonds is 0. The molecule has 4 aliphatic rings. The van der Waals surface area contributed by atoms with Gasteiger partial charge in [0.05, 0.1) is 9.85 Å². The topological polar surface area (TPSA) is 55.8 Å². The van der Waals surface area contributed by atoms with Crippen molar-refractivity contribution in [2.45, 2.75) is 39.5 Å². The molecule has 8 heteroatoms. The number of ether oxygens (including phenoxy) is 2. The predicted molar refractivity (Wildman–Crippen MR) is 90.9 cm³/mol. The van der Waals surface area contributed by atoms with Crippen LogP contribution in [0.15, 0.2) is 28.7 Å². The molecule has 0 radical (unpaired) electrons. The minimum Gasteiger partial charge on any atom is -0.454 e. The molecule has 0 aromatic heterocycles. The third-order valence-electron chi connectivity index (χ3n) is 5.05. The smallest absolute Gasteiger partial charge is 0.245 e. The largest absolute Gasteiger partial charge is 0.454 e. The molecule has 1 saturated heterocycles. The van der Waals surface area contributed by atoms with E-state index >= 15 is 0 Å². The molecule has 5 nitrogen and oxygen atoms in total. The van der Waals surface area contributed by atoms with Gasteiger partial charge in [-0.3, -0.25) is 0 Å². The number of fused-ring (bicyclic) bond motifs is 8. The van der Waals surface area contributed by atoms with Gasteiger partial charge < -0.3 is 9.47 Å².